The number of anilines is 2. The molecule has 0 aromatic carbocycles. The zero-order chi connectivity index (χ0) is 15.6. The lowest BCUT2D eigenvalue weighted by Gasteiger charge is -2.23. The van der Waals surface area contributed by atoms with Gasteiger partial charge in [-0.2, -0.15) is 0 Å². The summed E-state index contributed by atoms with van der Waals surface area (Å²) in [6.07, 6.45) is 2.60. The van der Waals surface area contributed by atoms with Gasteiger partial charge >= 0.3 is 0 Å². The zero-order valence-corrected chi connectivity index (χ0v) is 13.2. The molecular weight excluding hydrogens is 262 g/mol. The van der Waals surface area contributed by atoms with Gasteiger partial charge in [0.2, 0.25) is 6.41 Å². The Bertz CT molecular complexity index is 665. The SMILES string of the molecule is Cc1ccc(N(C=O)c2c(C)ccnc2C(C)C)nc1C. The molecule has 0 bridgehead atoms. The highest BCUT2D eigenvalue weighted by Gasteiger charge is 2.19. The molecule has 0 saturated heterocycles. The van der Waals surface area contributed by atoms with Crippen LogP contribution >= 0.6 is 0 Å². The van der Waals surface area contributed by atoms with Crippen LogP contribution in [-0.2, 0) is 4.79 Å². The summed E-state index contributed by atoms with van der Waals surface area (Å²) in [5.74, 6) is 0.861. The maximum absolute atomic E-state index is 11.7. The van der Waals surface area contributed by atoms with Crippen LogP contribution in [0.25, 0.3) is 0 Å². The molecule has 0 aliphatic carbocycles. The van der Waals surface area contributed by atoms with Gasteiger partial charge in [0.05, 0.1) is 11.4 Å². The number of hydrogen-bond acceptors (Lipinski definition) is 3. The molecule has 0 radical (unpaired) electrons. The lowest BCUT2D eigenvalue weighted by Crippen LogP contribution is -2.20. The van der Waals surface area contributed by atoms with Crippen molar-refractivity contribution < 1.29 is 4.79 Å². The molecule has 2 rings (SSSR count). The van der Waals surface area contributed by atoms with Crippen molar-refractivity contribution in [2.24, 2.45) is 0 Å². The smallest absolute Gasteiger partial charge is 0.219 e. The molecule has 0 unspecified atom stereocenters. The van der Waals surface area contributed by atoms with Crippen LogP contribution in [0.5, 0.6) is 0 Å². The quantitative estimate of drug-likeness (QED) is 0.801. The van der Waals surface area contributed by atoms with Crippen LogP contribution in [0.2, 0.25) is 0 Å². The van der Waals surface area contributed by atoms with Crippen molar-refractivity contribution in [2.45, 2.75) is 40.5 Å². The third kappa shape index (κ3) is 2.94. The van der Waals surface area contributed by atoms with Gasteiger partial charge in [0.15, 0.2) is 0 Å². The number of aryl methyl sites for hydroxylation is 3. The Hall–Kier alpha value is -2.23. The van der Waals surface area contributed by atoms with E-state index in [0.717, 1.165) is 34.6 Å². The van der Waals surface area contributed by atoms with E-state index in [1.807, 2.05) is 39.0 Å². The number of carbonyl (C=O) groups is 1. The van der Waals surface area contributed by atoms with Crippen molar-refractivity contribution in [3.05, 3.63) is 46.9 Å². The monoisotopic (exact) mass is 283 g/mol. The minimum Gasteiger partial charge on any atom is -0.278 e. The Morgan fingerprint density at radius 2 is 1.81 bits per heavy atom. The van der Waals surface area contributed by atoms with Gasteiger partial charge in [-0.15, -0.1) is 0 Å². The first-order valence-electron chi connectivity index (χ1n) is 7.10. The molecule has 0 fully saturated rings. The van der Waals surface area contributed by atoms with Gasteiger partial charge in [-0.05, 0) is 49.9 Å². The van der Waals surface area contributed by atoms with E-state index in [4.69, 9.17) is 0 Å². The molecule has 4 nitrogen and oxygen atoms in total. The number of hydrogen-bond donors (Lipinski definition) is 0. The van der Waals surface area contributed by atoms with Crippen LogP contribution in [0, 0.1) is 20.8 Å². The summed E-state index contributed by atoms with van der Waals surface area (Å²) in [5, 5.41) is 0. The normalized spacial score (nSPS) is 10.8. The van der Waals surface area contributed by atoms with Crippen molar-refractivity contribution in [3.8, 4) is 0 Å². The number of amides is 1. The summed E-state index contributed by atoms with van der Waals surface area (Å²) in [7, 11) is 0. The van der Waals surface area contributed by atoms with Crippen molar-refractivity contribution in [2.75, 3.05) is 4.90 Å². The first kappa shape index (κ1) is 15.2. The van der Waals surface area contributed by atoms with E-state index in [2.05, 4.69) is 23.8 Å². The Labute approximate surface area is 125 Å². The molecule has 0 atom stereocenters. The maximum Gasteiger partial charge on any atom is 0.219 e. The number of carbonyl (C=O) groups excluding carboxylic acids is 1. The highest BCUT2D eigenvalue weighted by atomic mass is 16.1. The number of aromatic nitrogens is 2. The Morgan fingerprint density at radius 3 is 2.38 bits per heavy atom. The van der Waals surface area contributed by atoms with Crippen LogP contribution < -0.4 is 4.90 Å². The molecule has 21 heavy (non-hydrogen) atoms. The summed E-state index contributed by atoms with van der Waals surface area (Å²) in [6.45, 7) is 10.1. The van der Waals surface area contributed by atoms with E-state index in [9.17, 15) is 4.79 Å². The second-order valence-corrected chi connectivity index (χ2v) is 5.56. The van der Waals surface area contributed by atoms with Gasteiger partial charge in [0.25, 0.3) is 0 Å². The van der Waals surface area contributed by atoms with E-state index in [-0.39, 0.29) is 5.92 Å². The van der Waals surface area contributed by atoms with Gasteiger partial charge in [-0.25, -0.2) is 4.98 Å². The molecule has 0 spiro atoms. The molecule has 2 aromatic heterocycles. The van der Waals surface area contributed by atoms with Crippen LogP contribution in [0.3, 0.4) is 0 Å². The highest BCUT2D eigenvalue weighted by molar-refractivity contribution is 5.87. The Morgan fingerprint density at radius 1 is 1.10 bits per heavy atom. The third-order valence-electron chi connectivity index (χ3n) is 3.63. The topological polar surface area (TPSA) is 46.1 Å². The average Bonchev–Trinajstić information content (AvgIpc) is 2.44. The molecule has 110 valence electrons. The van der Waals surface area contributed by atoms with Crippen molar-refractivity contribution in [3.63, 3.8) is 0 Å². The Kier molecular flexibility index (Phi) is 4.36. The zero-order valence-electron chi connectivity index (χ0n) is 13.2. The summed E-state index contributed by atoms with van der Waals surface area (Å²) >= 11 is 0. The fourth-order valence-electron chi connectivity index (χ4n) is 2.28. The minimum atomic E-state index is 0.230. The van der Waals surface area contributed by atoms with Gasteiger partial charge < -0.3 is 0 Å². The number of nitrogens with zero attached hydrogens (tertiary/aromatic N) is 3. The first-order valence-corrected chi connectivity index (χ1v) is 7.10. The lowest BCUT2D eigenvalue weighted by molar-refractivity contribution is -0.106. The minimum absolute atomic E-state index is 0.230. The summed E-state index contributed by atoms with van der Waals surface area (Å²) in [6, 6.07) is 5.76. The molecule has 0 N–H and O–H groups in total. The van der Waals surface area contributed by atoms with E-state index >= 15 is 0 Å². The predicted octanol–water partition coefficient (Wildman–Crippen LogP) is 3.82. The van der Waals surface area contributed by atoms with Gasteiger partial charge in [0.1, 0.15) is 5.82 Å². The molecule has 1 amide bonds. The van der Waals surface area contributed by atoms with Crippen LogP contribution in [0.15, 0.2) is 24.4 Å². The maximum atomic E-state index is 11.7. The molecule has 0 aliphatic rings. The predicted molar refractivity (Wildman–Crippen MR) is 85.0 cm³/mol. The Balaban J connectivity index is 2.61. The van der Waals surface area contributed by atoms with E-state index < -0.39 is 0 Å². The van der Waals surface area contributed by atoms with Gasteiger partial charge in [-0.3, -0.25) is 14.7 Å². The second-order valence-electron chi connectivity index (χ2n) is 5.56. The molecule has 0 saturated carbocycles. The van der Waals surface area contributed by atoms with Gasteiger partial charge in [-0.1, -0.05) is 19.9 Å². The molecule has 4 heteroatoms. The summed E-state index contributed by atoms with van der Waals surface area (Å²) in [4.78, 5) is 22.2. The third-order valence-corrected chi connectivity index (χ3v) is 3.63. The number of rotatable bonds is 4. The average molecular weight is 283 g/mol. The van der Waals surface area contributed by atoms with E-state index in [1.165, 1.54) is 0 Å². The number of pyridine rings is 2. The van der Waals surface area contributed by atoms with Crippen LogP contribution in [0.4, 0.5) is 11.5 Å². The molecule has 0 aliphatic heterocycles. The van der Waals surface area contributed by atoms with E-state index in [0.29, 0.717) is 5.82 Å². The standard InChI is InChI=1S/C17H21N3O/c1-11(2)16-17(13(4)8-9-18-16)20(10-21)15-7-6-12(3)14(5)19-15/h6-11H,1-5H3. The van der Waals surface area contributed by atoms with Crippen LogP contribution in [0.1, 0.15) is 42.3 Å². The largest absolute Gasteiger partial charge is 0.278 e. The molecule has 2 heterocycles. The fraction of sp³-hybridized carbons (Fsp3) is 0.353. The summed E-state index contributed by atoms with van der Waals surface area (Å²) < 4.78 is 0. The summed E-state index contributed by atoms with van der Waals surface area (Å²) in [5.41, 5.74) is 4.78. The first-order chi connectivity index (χ1) is 9.95. The van der Waals surface area contributed by atoms with Crippen LogP contribution in [-0.4, -0.2) is 16.4 Å². The molecule has 2 aromatic rings. The van der Waals surface area contributed by atoms with E-state index in [1.54, 1.807) is 11.1 Å². The lowest BCUT2D eigenvalue weighted by atomic mass is 10.0. The second kappa shape index (κ2) is 6.04. The highest BCUT2D eigenvalue weighted by Crippen LogP contribution is 2.32. The van der Waals surface area contributed by atoms with Crippen molar-refractivity contribution >= 4 is 17.9 Å². The molecular formula is C17H21N3O. The fourth-order valence-corrected chi connectivity index (χ4v) is 2.28. The van der Waals surface area contributed by atoms with Gasteiger partial charge in [0, 0.05) is 11.9 Å². The van der Waals surface area contributed by atoms with Crippen molar-refractivity contribution in [1.29, 1.82) is 0 Å². The van der Waals surface area contributed by atoms with Crippen molar-refractivity contribution in [1.82, 2.24) is 9.97 Å².